The molecule has 1 atom stereocenters. The SMILES string of the molecule is CCCCC(CC)Cn1cnccc1=O. The quantitative estimate of drug-likeness (QED) is 0.719. The van der Waals surface area contributed by atoms with Gasteiger partial charge in [-0.2, -0.15) is 0 Å². The van der Waals surface area contributed by atoms with E-state index in [1.165, 1.54) is 25.3 Å². The van der Waals surface area contributed by atoms with Gasteiger partial charge in [-0.3, -0.25) is 9.36 Å². The first-order valence-corrected chi connectivity index (χ1v) is 5.78. The summed E-state index contributed by atoms with van der Waals surface area (Å²) >= 11 is 0. The molecule has 0 N–H and O–H groups in total. The molecule has 0 radical (unpaired) electrons. The summed E-state index contributed by atoms with van der Waals surface area (Å²) in [5.41, 5.74) is 0.0555. The molecular weight excluding hydrogens is 188 g/mol. The van der Waals surface area contributed by atoms with Crippen molar-refractivity contribution in [2.45, 2.75) is 46.1 Å². The summed E-state index contributed by atoms with van der Waals surface area (Å²) in [7, 11) is 0. The van der Waals surface area contributed by atoms with Crippen LogP contribution in [0, 0.1) is 5.92 Å². The minimum Gasteiger partial charge on any atom is -0.299 e. The van der Waals surface area contributed by atoms with E-state index < -0.39 is 0 Å². The second-order valence-corrected chi connectivity index (χ2v) is 3.99. The van der Waals surface area contributed by atoms with E-state index in [1.54, 1.807) is 17.1 Å². The van der Waals surface area contributed by atoms with Gasteiger partial charge >= 0.3 is 0 Å². The first kappa shape index (κ1) is 12.0. The van der Waals surface area contributed by atoms with Crippen LogP contribution in [-0.2, 0) is 6.54 Å². The summed E-state index contributed by atoms with van der Waals surface area (Å²) < 4.78 is 1.71. The third kappa shape index (κ3) is 3.86. The molecule has 15 heavy (non-hydrogen) atoms. The summed E-state index contributed by atoms with van der Waals surface area (Å²) in [6.07, 6.45) is 7.98. The molecule has 0 saturated heterocycles. The molecule has 0 aliphatic rings. The van der Waals surface area contributed by atoms with Crippen molar-refractivity contribution in [1.29, 1.82) is 0 Å². The Morgan fingerprint density at radius 2 is 2.27 bits per heavy atom. The van der Waals surface area contributed by atoms with E-state index in [2.05, 4.69) is 18.8 Å². The van der Waals surface area contributed by atoms with E-state index in [9.17, 15) is 4.79 Å². The van der Waals surface area contributed by atoms with Crippen molar-refractivity contribution in [1.82, 2.24) is 9.55 Å². The fourth-order valence-corrected chi connectivity index (χ4v) is 1.71. The van der Waals surface area contributed by atoms with Crippen molar-refractivity contribution in [3.05, 3.63) is 28.9 Å². The van der Waals surface area contributed by atoms with Gasteiger partial charge in [0, 0.05) is 18.8 Å². The average molecular weight is 208 g/mol. The number of aromatic nitrogens is 2. The van der Waals surface area contributed by atoms with Crippen LogP contribution in [0.1, 0.15) is 39.5 Å². The average Bonchev–Trinajstić information content (AvgIpc) is 2.26. The Labute approximate surface area is 91.2 Å². The lowest BCUT2D eigenvalue weighted by Crippen LogP contribution is -2.23. The molecule has 1 aromatic heterocycles. The molecule has 0 aliphatic heterocycles. The van der Waals surface area contributed by atoms with Crippen LogP contribution in [-0.4, -0.2) is 9.55 Å². The zero-order valence-corrected chi connectivity index (χ0v) is 9.65. The number of rotatable bonds is 6. The minimum atomic E-state index is 0.0555. The van der Waals surface area contributed by atoms with Gasteiger partial charge in [0.15, 0.2) is 0 Å². The van der Waals surface area contributed by atoms with Crippen molar-refractivity contribution in [2.24, 2.45) is 5.92 Å². The zero-order chi connectivity index (χ0) is 11.1. The molecule has 84 valence electrons. The lowest BCUT2D eigenvalue weighted by atomic mass is 9.99. The molecule has 0 amide bonds. The van der Waals surface area contributed by atoms with E-state index in [0.29, 0.717) is 5.92 Å². The maximum Gasteiger partial charge on any atom is 0.253 e. The highest BCUT2D eigenvalue weighted by Crippen LogP contribution is 2.13. The summed E-state index contributed by atoms with van der Waals surface area (Å²) in [4.78, 5) is 15.4. The predicted molar refractivity (Wildman–Crippen MR) is 61.8 cm³/mol. The highest BCUT2D eigenvalue weighted by atomic mass is 16.1. The summed E-state index contributed by atoms with van der Waals surface area (Å²) in [6.45, 7) is 5.19. The van der Waals surface area contributed by atoms with Crippen LogP contribution < -0.4 is 5.56 Å². The third-order valence-corrected chi connectivity index (χ3v) is 2.79. The van der Waals surface area contributed by atoms with E-state index in [1.807, 2.05) is 0 Å². The maximum atomic E-state index is 11.5. The molecule has 1 heterocycles. The Hall–Kier alpha value is -1.12. The van der Waals surface area contributed by atoms with Gasteiger partial charge in [0.25, 0.3) is 5.56 Å². The van der Waals surface area contributed by atoms with Gasteiger partial charge < -0.3 is 0 Å². The van der Waals surface area contributed by atoms with Crippen LogP contribution in [0.5, 0.6) is 0 Å². The Bertz CT molecular complexity index is 332. The Morgan fingerprint density at radius 3 is 2.87 bits per heavy atom. The van der Waals surface area contributed by atoms with Crippen molar-refractivity contribution in [3.8, 4) is 0 Å². The molecule has 0 spiro atoms. The van der Waals surface area contributed by atoms with Gasteiger partial charge in [0.2, 0.25) is 0 Å². The highest BCUT2D eigenvalue weighted by Gasteiger charge is 2.07. The summed E-state index contributed by atoms with van der Waals surface area (Å²) in [5, 5.41) is 0. The molecule has 0 aromatic carbocycles. The molecule has 0 fully saturated rings. The Balaban J connectivity index is 2.58. The van der Waals surface area contributed by atoms with Crippen molar-refractivity contribution in [3.63, 3.8) is 0 Å². The van der Waals surface area contributed by atoms with Crippen LogP contribution in [0.15, 0.2) is 23.4 Å². The monoisotopic (exact) mass is 208 g/mol. The van der Waals surface area contributed by atoms with Crippen LogP contribution >= 0.6 is 0 Å². The fraction of sp³-hybridized carbons (Fsp3) is 0.667. The van der Waals surface area contributed by atoms with Gasteiger partial charge in [-0.25, -0.2) is 4.98 Å². The highest BCUT2D eigenvalue weighted by molar-refractivity contribution is 4.82. The van der Waals surface area contributed by atoms with E-state index >= 15 is 0 Å². The minimum absolute atomic E-state index is 0.0555. The number of hydrogen-bond acceptors (Lipinski definition) is 2. The summed E-state index contributed by atoms with van der Waals surface area (Å²) in [6, 6.07) is 1.52. The van der Waals surface area contributed by atoms with Crippen molar-refractivity contribution in [2.75, 3.05) is 0 Å². The Morgan fingerprint density at radius 1 is 1.47 bits per heavy atom. The maximum absolute atomic E-state index is 11.5. The second-order valence-electron chi connectivity index (χ2n) is 3.99. The first-order chi connectivity index (χ1) is 7.27. The summed E-state index contributed by atoms with van der Waals surface area (Å²) in [5.74, 6) is 0.604. The number of unbranched alkanes of at least 4 members (excludes halogenated alkanes) is 1. The van der Waals surface area contributed by atoms with Crippen LogP contribution in [0.25, 0.3) is 0 Å². The smallest absolute Gasteiger partial charge is 0.253 e. The lowest BCUT2D eigenvalue weighted by molar-refractivity contribution is 0.383. The first-order valence-electron chi connectivity index (χ1n) is 5.78. The molecule has 1 rings (SSSR count). The molecule has 1 unspecified atom stereocenters. The van der Waals surface area contributed by atoms with Crippen molar-refractivity contribution >= 4 is 0 Å². The molecule has 0 saturated carbocycles. The largest absolute Gasteiger partial charge is 0.299 e. The molecule has 3 heteroatoms. The van der Waals surface area contributed by atoms with Gasteiger partial charge in [-0.05, 0) is 12.3 Å². The van der Waals surface area contributed by atoms with E-state index in [4.69, 9.17) is 0 Å². The topological polar surface area (TPSA) is 34.9 Å². The third-order valence-electron chi connectivity index (χ3n) is 2.79. The number of hydrogen-bond donors (Lipinski definition) is 0. The predicted octanol–water partition coefficient (Wildman–Crippen LogP) is 2.46. The van der Waals surface area contributed by atoms with Gasteiger partial charge in [-0.1, -0.05) is 33.1 Å². The standard InChI is InChI=1S/C12H20N2O/c1-3-5-6-11(4-2)9-14-10-13-8-7-12(14)15/h7-8,10-11H,3-6,9H2,1-2H3. The fourth-order valence-electron chi connectivity index (χ4n) is 1.71. The normalized spacial score (nSPS) is 12.7. The Kier molecular flexibility index (Phi) is 5.08. The molecule has 1 aromatic rings. The molecule has 0 aliphatic carbocycles. The molecule has 0 bridgehead atoms. The van der Waals surface area contributed by atoms with Crippen molar-refractivity contribution < 1.29 is 0 Å². The lowest BCUT2D eigenvalue weighted by Gasteiger charge is -2.15. The van der Waals surface area contributed by atoms with Gasteiger partial charge in [0.1, 0.15) is 0 Å². The second kappa shape index (κ2) is 6.38. The zero-order valence-electron chi connectivity index (χ0n) is 9.65. The van der Waals surface area contributed by atoms with E-state index in [-0.39, 0.29) is 5.56 Å². The van der Waals surface area contributed by atoms with Crippen LogP contribution in [0.4, 0.5) is 0 Å². The number of nitrogens with zero attached hydrogens (tertiary/aromatic N) is 2. The van der Waals surface area contributed by atoms with E-state index in [0.717, 1.165) is 13.0 Å². The van der Waals surface area contributed by atoms with Gasteiger partial charge in [-0.15, -0.1) is 0 Å². The molecular formula is C12H20N2O. The van der Waals surface area contributed by atoms with Crippen LogP contribution in [0.3, 0.4) is 0 Å². The van der Waals surface area contributed by atoms with Gasteiger partial charge in [0.05, 0.1) is 6.33 Å². The van der Waals surface area contributed by atoms with Crippen LogP contribution in [0.2, 0.25) is 0 Å². The molecule has 3 nitrogen and oxygen atoms in total.